The van der Waals surface area contributed by atoms with Crippen LogP contribution in [0.3, 0.4) is 0 Å². The Hall–Kier alpha value is -3.08. The molecule has 5 heteroatoms. The van der Waals surface area contributed by atoms with Crippen LogP contribution in [0.2, 0.25) is 0 Å². The molecular weight excluding hydrogens is 302 g/mol. The highest BCUT2D eigenvalue weighted by Gasteiger charge is 2.03. The van der Waals surface area contributed by atoms with Crippen molar-refractivity contribution >= 4 is 22.8 Å². The third-order valence-corrected chi connectivity index (χ3v) is 3.54. The van der Waals surface area contributed by atoms with Crippen LogP contribution in [-0.2, 0) is 0 Å². The Morgan fingerprint density at radius 1 is 1.08 bits per heavy atom. The number of fused-ring (bicyclic) bond motifs is 1. The van der Waals surface area contributed by atoms with Crippen LogP contribution in [0.15, 0.2) is 59.8 Å². The lowest BCUT2D eigenvalue weighted by molar-refractivity contribution is 0.340. The van der Waals surface area contributed by atoms with Gasteiger partial charge in [-0.3, -0.25) is 10.4 Å². The smallest absolute Gasteiger partial charge is 0.121 e. The Morgan fingerprint density at radius 2 is 1.88 bits per heavy atom. The summed E-state index contributed by atoms with van der Waals surface area (Å²) in [5, 5.41) is 5.29. The maximum Gasteiger partial charge on any atom is 0.121 e. The molecule has 0 saturated heterocycles. The number of pyridine rings is 1. The van der Waals surface area contributed by atoms with E-state index in [4.69, 9.17) is 9.47 Å². The minimum atomic E-state index is 0.635. The minimum absolute atomic E-state index is 0.635. The van der Waals surface area contributed by atoms with E-state index < -0.39 is 0 Å². The van der Waals surface area contributed by atoms with E-state index in [1.807, 2.05) is 55.5 Å². The normalized spacial score (nSPS) is 10.9. The highest BCUT2D eigenvalue weighted by molar-refractivity contribution is 5.92. The fraction of sp³-hybridized carbons (Fsp3) is 0.158. The van der Waals surface area contributed by atoms with Crippen molar-refractivity contribution in [3.05, 3.63) is 60.3 Å². The molecule has 0 amide bonds. The van der Waals surface area contributed by atoms with Gasteiger partial charge in [-0.2, -0.15) is 5.10 Å². The average molecular weight is 321 g/mol. The SMILES string of the molecule is CCOc1ccc2c(N/N=C/c3ccc(OC)cc3)ccnc2c1. The molecule has 122 valence electrons. The lowest BCUT2D eigenvalue weighted by Crippen LogP contribution is -1.95. The van der Waals surface area contributed by atoms with Gasteiger partial charge in [0.05, 0.1) is 31.1 Å². The summed E-state index contributed by atoms with van der Waals surface area (Å²) in [7, 11) is 1.65. The van der Waals surface area contributed by atoms with Crippen molar-refractivity contribution in [2.24, 2.45) is 5.10 Å². The lowest BCUT2D eigenvalue weighted by atomic mass is 10.2. The van der Waals surface area contributed by atoms with E-state index in [9.17, 15) is 0 Å². The summed E-state index contributed by atoms with van der Waals surface area (Å²) in [6, 6.07) is 15.4. The van der Waals surface area contributed by atoms with Crippen LogP contribution < -0.4 is 14.9 Å². The van der Waals surface area contributed by atoms with E-state index in [-0.39, 0.29) is 0 Å². The van der Waals surface area contributed by atoms with Gasteiger partial charge >= 0.3 is 0 Å². The second-order valence-electron chi connectivity index (χ2n) is 5.11. The molecule has 0 radical (unpaired) electrons. The van der Waals surface area contributed by atoms with Gasteiger partial charge in [-0.05, 0) is 55.0 Å². The number of hydrazone groups is 1. The molecule has 0 spiro atoms. The zero-order valence-electron chi connectivity index (χ0n) is 13.7. The van der Waals surface area contributed by atoms with Crippen LogP contribution in [0.1, 0.15) is 12.5 Å². The Balaban J connectivity index is 1.77. The molecule has 3 aromatic rings. The zero-order chi connectivity index (χ0) is 16.8. The van der Waals surface area contributed by atoms with Crippen molar-refractivity contribution in [2.45, 2.75) is 6.92 Å². The van der Waals surface area contributed by atoms with Gasteiger partial charge in [-0.1, -0.05) is 0 Å². The molecule has 1 N–H and O–H groups in total. The molecular formula is C19H19N3O2. The molecule has 0 unspecified atom stereocenters. The number of hydrogen-bond donors (Lipinski definition) is 1. The molecule has 0 saturated carbocycles. The molecule has 3 rings (SSSR count). The summed E-state index contributed by atoms with van der Waals surface area (Å²) in [5.74, 6) is 1.64. The summed E-state index contributed by atoms with van der Waals surface area (Å²) >= 11 is 0. The summed E-state index contributed by atoms with van der Waals surface area (Å²) in [4.78, 5) is 4.38. The van der Waals surface area contributed by atoms with Crippen molar-refractivity contribution in [3.63, 3.8) is 0 Å². The minimum Gasteiger partial charge on any atom is -0.497 e. The Bertz CT molecular complexity index is 845. The molecule has 2 aromatic carbocycles. The number of rotatable bonds is 6. The summed E-state index contributed by atoms with van der Waals surface area (Å²) in [6.07, 6.45) is 3.52. The first-order valence-electron chi connectivity index (χ1n) is 7.75. The number of hydrogen-bond acceptors (Lipinski definition) is 5. The standard InChI is InChI=1S/C19H19N3O2/c1-3-24-16-8-9-17-18(10-11-20-19(17)12-16)22-21-13-14-4-6-15(23-2)7-5-14/h4-13H,3H2,1-2H3,(H,20,22)/b21-13+. The molecule has 0 aliphatic carbocycles. The summed E-state index contributed by atoms with van der Waals surface area (Å²) in [6.45, 7) is 2.60. The van der Waals surface area contributed by atoms with Crippen LogP contribution in [0.5, 0.6) is 11.5 Å². The van der Waals surface area contributed by atoms with Gasteiger partial charge in [-0.15, -0.1) is 0 Å². The van der Waals surface area contributed by atoms with Gasteiger partial charge in [0.25, 0.3) is 0 Å². The first kappa shape index (κ1) is 15.8. The van der Waals surface area contributed by atoms with E-state index in [2.05, 4.69) is 15.5 Å². The number of benzene rings is 2. The first-order chi connectivity index (χ1) is 11.8. The van der Waals surface area contributed by atoms with Crippen LogP contribution in [0.4, 0.5) is 5.69 Å². The monoisotopic (exact) mass is 321 g/mol. The van der Waals surface area contributed by atoms with Crippen molar-refractivity contribution in [2.75, 3.05) is 19.1 Å². The first-order valence-corrected chi connectivity index (χ1v) is 7.75. The van der Waals surface area contributed by atoms with E-state index >= 15 is 0 Å². The third kappa shape index (κ3) is 3.63. The van der Waals surface area contributed by atoms with Crippen molar-refractivity contribution in [1.29, 1.82) is 0 Å². The van der Waals surface area contributed by atoms with E-state index in [0.717, 1.165) is 33.7 Å². The number of nitrogens with one attached hydrogen (secondary N) is 1. The largest absolute Gasteiger partial charge is 0.497 e. The number of methoxy groups -OCH3 is 1. The maximum atomic E-state index is 5.51. The second kappa shape index (κ2) is 7.46. The number of aromatic nitrogens is 1. The second-order valence-corrected chi connectivity index (χ2v) is 5.11. The fourth-order valence-electron chi connectivity index (χ4n) is 2.35. The van der Waals surface area contributed by atoms with Crippen molar-refractivity contribution in [1.82, 2.24) is 4.98 Å². The highest BCUT2D eigenvalue weighted by Crippen LogP contribution is 2.25. The average Bonchev–Trinajstić information content (AvgIpc) is 2.62. The lowest BCUT2D eigenvalue weighted by Gasteiger charge is -2.07. The van der Waals surface area contributed by atoms with Crippen molar-refractivity contribution < 1.29 is 9.47 Å². The number of anilines is 1. The van der Waals surface area contributed by atoms with Gasteiger partial charge in [0, 0.05) is 17.6 Å². The molecule has 24 heavy (non-hydrogen) atoms. The maximum absolute atomic E-state index is 5.51. The number of ether oxygens (including phenoxy) is 2. The van der Waals surface area contributed by atoms with Crippen LogP contribution >= 0.6 is 0 Å². The Kier molecular flexibility index (Phi) is 4.91. The Labute approximate surface area is 140 Å². The van der Waals surface area contributed by atoms with Gasteiger partial charge in [0.15, 0.2) is 0 Å². The van der Waals surface area contributed by atoms with Gasteiger partial charge in [0.2, 0.25) is 0 Å². The van der Waals surface area contributed by atoms with Crippen LogP contribution in [0, 0.1) is 0 Å². The summed E-state index contributed by atoms with van der Waals surface area (Å²) in [5.41, 5.74) is 5.82. The fourth-order valence-corrected chi connectivity index (χ4v) is 2.35. The van der Waals surface area contributed by atoms with E-state index in [0.29, 0.717) is 6.61 Å². The van der Waals surface area contributed by atoms with Gasteiger partial charge in [-0.25, -0.2) is 0 Å². The Morgan fingerprint density at radius 3 is 2.62 bits per heavy atom. The quantitative estimate of drug-likeness (QED) is 0.549. The van der Waals surface area contributed by atoms with Crippen molar-refractivity contribution in [3.8, 4) is 11.5 Å². The molecule has 0 fully saturated rings. The van der Waals surface area contributed by atoms with Crippen LogP contribution in [0.25, 0.3) is 10.9 Å². The summed E-state index contributed by atoms with van der Waals surface area (Å²) < 4.78 is 10.7. The molecule has 1 heterocycles. The molecule has 1 aromatic heterocycles. The van der Waals surface area contributed by atoms with Gasteiger partial charge < -0.3 is 9.47 Å². The topological polar surface area (TPSA) is 55.7 Å². The molecule has 0 aliphatic rings. The molecule has 0 aliphatic heterocycles. The van der Waals surface area contributed by atoms with Crippen LogP contribution in [-0.4, -0.2) is 24.9 Å². The number of nitrogens with zero attached hydrogens (tertiary/aromatic N) is 2. The molecule has 0 atom stereocenters. The molecule has 0 bridgehead atoms. The van der Waals surface area contributed by atoms with E-state index in [1.165, 1.54) is 0 Å². The zero-order valence-corrected chi connectivity index (χ0v) is 13.7. The van der Waals surface area contributed by atoms with E-state index in [1.54, 1.807) is 19.5 Å². The molecule has 5 nitrogen and oxygen atoms in total. The van der Waals surface area contributed by atoms with Gasteiger partial charge in [0.1, 0.15) is 11.5 Å². The highest BCUT2D eigenvalue weighted by atomic mass is 16.5. The predicted octanol–water partition coefficient (Wildman–Crippen LogP) is 4.09. The predicted molar refractivity (Wildman–Crippen MR) is 97.1 cm³/mol. The third-order valence-electron chi connectivity index (χ3n) is 3.54.